The van der Waals surface area contributed by atoms with Crippen LogP contribution in [0.2, 0.25) is 5.02 Å². The predicted octanol–water partition coefficient (Wildman–Crippen LogP) is 3.89. The van der Waals surface area contributed by atoms with Crippen LogP contribution in [0.4, 0.5) is 0 Å². The zero-order valence-corrected chi connectivity index (χ0v) is 15.4. The number of nitrogens with zero attached hydrogens (tertiary/aromatic N) is 4. The lowest BCUT2D eigenvalue weighted by Gasteiger charge is -2.02. The Morgan fingerprint density at radius 3 is 2.86 bits per heavy atom. The van der Waals surface area contributed by atoms with Crippen molar-refractivity contribution in [1.29, 1.82) is 5.26 Å². The number of halogens is 1. The van der Waals surface area contributed by atoms with Gasteiger partial charge in [-0.3, -0.25) is 9.48 Å². The molecule has 0 aliphatic heterocycles. The third-order valence-corrected chi connectivity index (χ3v) is 4.43. The Morgan fingerprint density at radius 2 is 2.07 bits per heavy atom. The molecule has 4 rings (SSSR count). The number of hydrogen-bond acceptors (Lipinski definition) is 4. The van der Waals surface area contributed by atoms with Crippen LogP contribution in [0.15, 0.2) is 65.7 Å². The van der Waals surface area contributed by atoms with Gasteiger partial charge in [-0.05, 0) is 29.8 Å². The van der Waals surface area contributed by atoms with E-state index < -0.39 is 0 Å². The van der Waals surface area contributed by atoms with Gasteiger partial charge in [-0.25, -0.2) is 4.98 Å². The molecule has 0 radical (unpaired) electrons. The number of H-pyrrole nitrogens is 1. The third-order valence-electron chi connectivity index (χ3n) is 4.20. The van der Waals surface area contributed by atoms with Gasteiger partial charge in [-0.15, -0.1) is 0 Å². The molecule has 0 atom stereocenters. The Kier molecular flexibility index (Phi) is 4.75. The summed E-state index contributed by atoms with van der Waals surface area (Å²) in [5, 5.41) is 14.8. The Morgan fingerprint density at radius 1 is 1.25 bits per heavy atom. The van der Waals surface area contributed by atoms with Gasteiger partial charge in [0.1, 0.15) is 6.07 Å². The van der Waals surface area contributed by atoms with Crippen molar-refractivity contribution in [3.63, 3.8) is 0 Å². The topological polar surface area (TPSA) is 87.4 Å². The molecule has 7 heteroatoms. The molecule has 6 nitrogen and oxygen atoms in total. The lowest BCUT2D eigenvalue weighted by Crippen LogP contribution is -2.11. The molecular formula is C21H14ClN5O. The van der Waals surface area contributed by atoms with Gasteiger partial charge in [0, 0.05) is 16.8 Å². The number of allylic oxidation sites excluding steroid dienone is 1. The first-order valence-corrected chi connectivity index (χ1v) is 8.88. The zero-order chi connectivity index (χ0) is 19.5. The van der Waals surface area contributed by atoms with Crippen molar-refractivity contribution in [3.05, 3.63) is 93.3 Å². The van der Waals surface area contributed by atoms with Crippen molar-refractivity contribution < 1.29 is 0 Å². The molecule has 136 valence electrons. The summed E-state index contributed by atoms with van der Waals surface area (Å²) in [7, 11) is 0. The van der Waals surface area contributed by atoms with Crippen LogP contribution in [0, 0.1) is 11.3 Å². The second-order valence-corrected chi connectivity index (χ2v) is 6.64. The maximum atomic E-state index is 12.3. The van der Waals surface area contributed by atoms with E-state index in [2.05, 4.69) is 21.1 Å². The van der Waals surface area contributed by atoms with Crippen LogP contribution in [0.1, 0.15) is 17.0 Å². The normalized spacial score (nSPS) is 11.5. The van der Waals surface area contributed by atoms with Gasteiger partial charge in [0.15, 0.2) is 5.82 Å². The van der Waals surface area contributed by atoms with Gasteiger partial charge in [0.25, 0.3) is 5.56 Å². The fourth-order valence-electron chi connectivity index (χ4n) is 2.87. The van der Waals surface area contributed by atoms with Crippen molar-refractivity contribution in [2.75, 3.05) is 0 Å². The second kappa shape index (κ2) is 7.51. The van der Waals surface area contributed by atoms with Crippen LogP contribution in [-0.2, 0) is 6.54 Å². The number of nitriles is 1. The number of hydrogen-bond donors (Lipinski definition) is 1. The molecule has 2 heterocycles. The highest BCUT2D eigenvalue weighted by molar-refractivity contribution is 6.31. The molecule has 0 saturated heterocycles. The summed E-state index contributed by atoms with van der Waals surface area (Å²) >= 11 is 5.99. The first-order valence-electron chi connectivity index (χ1n) is 8.50. The molecule has 0 saturated carbocycles. The van der Waals surface area contributed by atoms with Crippen LogP contribution in [0.3, 0.4) is 0 Å². The van der Waals surface area contributed by atoms with Crippen LogP contribution in [0.5, 0.6) is 0 Å². The molecule has 1 N–H and O–H groups in total. The maximum absolute atomic E-state index is 12.3. The summed E-state index contributed by atoms with van der Waals surface area (Å²) in [6.07, 6.45) is 5.14. The van der Waals surface area contributed by atoms with Gasteiger partial charge in [-0.2, -0.15) is 10.4 Å². The molecule has 0 unspecified atom stereocenters. The van der Waals surface area contributed by atoms with Gasteiger partial charge in [0.2, 0.25) is 0 Å². The molecule has 2 aromatic heterocycles. The summed E-state index contributed by atoms with van der Waals surface area (Å²) in [5.41, 5.74) is 2.21. The molecule has 2 aromatic carbocycles. The van der Waals surface area contributed by atoms with E-state index in [1.54, 1.807) is 35.2 Å². The van der Waals surface area contributed by atoms with E-state index in [0.29, 0.717) is 22.5 Å². The Bertz CT molecular complexity index is 1280. The minimum Gasteiger partial charge on any atom is -0.305 e. The quantitative estimate of drug-likeness (QED) is 0.538. The van der Waals surface area contributed by atoms with Crippen LogP contribution >= 0.6 is 11.6 Å². The molecular weight excluding hydrogens is 374 g/mol. The average Bonchev–Trinajstić information content (AvgIpc) is 3.13. The van der Waals surface area contributed by atoms with E-state index >= 15 is 0 Å². The van der Waals surface area contributed by atoms with Crippen LogP contribution in [-0.4, -0.2) is 19.7 Å². The molecule has 28 heavy (non-hydrogen) atoms. The van der Waals surface area contributed by atoms with Crippen LogP contribution < -0.4 is 5.56 Å². The Balaban J connectivity index is 1.68. The minimum absolute atomic E-state index is 0.193. The first kappa shape index (κ1) is 17.7. The second-order valence-electron chi connectivity index (χ2n) is 6.20. The van der Waals surface area contributed by atoms with Crippen molar-refractivity contribution in [3.8, 4) is 6.07 Å². The summed E-state index contributed by atoms with van der Waals surface area (Å²) in [5.74, 6) is 0.193. The summed E-state index contributed by atoms with van der Waals surface area (Å²) in [6.45, 7) is 0.625. The van der Waals surface area contributed by atoms with E-state index in [0.717, 1.165) is 11.1 Å². The Labute approximate surface area is 165 Å². The fourth-order valence-corrected chi connectivity index (χ4v) is 3.04. The van der Waals surface area contributed by atoms with Gasteiger partial charge < -0.3 is 4.98 Å². The fraction of sp³-hybridized carbons (Fsp3) is 0.0476. The maximum Gasteiger partial charge on any atom is 0.259 e. The third kappa shape index (κ3) is 3.70. The highest BCUT2D eigenvalue weighted by Crippen LogP contribution is 2.18. The van der Waals surface area contributed by atoms with E-state index in [1.807, 2.05) is 36.5 Å². The summed E-state index contributed by atoms with van der Waals surface area (Å²) in [6, 6.07) is 16.9. The molecule has 0 amide bonds. The number of nitrogens with one attached hydrogen (secondary N) is 1. The van der Waals surface area contributed by atoms with Crippen molar-refractivity contribution in [2.24, 2.45) is 0 Å². The number of benzene rings is 2. The summed E-state index contributed by atoms with van der Waals surface area (Å²) in [4.78, 5) is 19.3. The number of rotatable bonds is 4. The number of aromatic amines is 1. The SMILES string of the molecule is N#C/C(=C\c1cnn(Cc2ccccc2)c1)c1nc2cc(Cl)ccc2c(=O)[nH]1. The predicted molar refractivity (Wildman–Crippen MR) is 109 cm³/mol. The zero-order valence-electron chi connectivity index (χ0n) is 14.6. The minimum atomic E-state index is -0.322. The first-order chi connectivity index (χ1) is 13.6. The highest BCUT2D eigenvalue weighted by atomic mass is 35.5. The van der Waals surface area contributed by atoms with E-state index in [1.165, 1.54) is 0 Å². The largest absolute Gasteiger partial charge is 0.305 e. The lowest BCUT2D eigenvalue weighted by molar-refractivity contribution is 0.687. The van der Waals surface area contributed by atoms with Crippen molar-refractivity contribution in [2.45, 2.75) is 6.54 Å². The van der Waals surface area contributed by atoms with E-state index in [9.17, 15) is 10.1 Å². The van der Waals surface area contributed by atoms with E-state index in [4.69, 9.17) is 11.6 Å². The number of aromatic nitrogens is 4. The molecule has 0 fully saturated rings. The van der Waals surface area contributed by atoms with Crippen molar-refractivity contribution in [1.82, 2.24) is 19.7 Å². The lowest BCUT2D eigenvalue weighted by atomic mass is 10.2. The average molecular weight is 388 g/mol. The molecule has 4 aromatic rings. The Hall–Kier alpha value is -3.69. The monoisotopic (exact) mass is 387 g/mol. The smallest absolute Gasteiger partial charge is 0.259 e. The molecule has 0 spiro atoms. The van der Waals surface area contributed by atoms with E-state index in [-0.39, 0.29) is 17.0 Å². The van der Waals surface area contributed by atoms with Gasteiger partial charge in [0.05, 0.1) is 29.2 Å². The highest BCUT2D eigenvalue weighted by Gasteiger charge is 2.09. The molecule has 0 aliphatic rings. The van der Waals surface area contributed by atoms with Gasteiger partial charge in [-0.1, -0.05) is 41.9 Å². The number of fused-ring (bicyclic) bond motifs is 1. The standard InChI is InChI=1S/C21H14ClN5O/c22-17-6-7-18-19(9-17)25-20(26-21(18)28)16(10-23)8-15-11-24-27(13-15)12-14-4-2-1-3-5-14/h1-9,11,13H,12H2,(H,25,26,28)/b16-8+. The van der Waals surface area contributed by atoms with Crippen molar-refractivity contribution >= 4 is 34.2 Å². The van der Waals surface area contributed by atoms with Crippen LogP contribution in [0.25, 0.3) is 22.6 Å². The van der Waals surface area contributed by atoms with Gasteiger partial charge >= 0.3 is 0 Å². The summed E-state index contributed by atoms with van der Waals surface area (Å²) < 4.78 is 1.78. The molecule has 0 aliphatic carbocycles. The molecule has 0 bridgehead atoms.